The molecule has 1 N–H and O–H groups in total. The third-order valence-corrected chi connectivity index (χ3v) is 4.15. The molecule has 0 bridgehead atoms. The zero-order valence-corrected chi connectivity index (χ0v) is 13.6. The summed E-state index contributed by atoms with van der Waals surface area (Å²) >= 11 is 0. The number of sulfonamides is 1. The number of hydrogen-bond acceptors (Lipinski definition) is 4. The number of methoxy groups -OCH3 is 1. The van der Waals surface area contributed by atoms with Gasteiger partial charge in [-0.25, -0.2) is 13.2 Å². The smallest absolute Gasteiger partial charge is 0.337 e. The lowest BCUT2D eigenvalue weighted by Crippen LogP contribution is -2.11. The molecule has 0 radical (unpaired) electrons. The lowest BCUT2D eigenvalue weighted by molar-refractivity contribution is 0.0601. The Kier molecular flexibility index (Phi) is 5.18. The molecule has 0 aromatic heterocycles. The second-order valence-electron chi connectivity index (χ2n) is 4.88. The van der Waals surface area contributed by atoms with Crippen molar-refractivity contribution in [3.05, 3.63) is 70.6 Å². The molecule has 0 aliphatic rings. The molecule has 23 heavy (non-hydrogen) atoms. The van der Waals surface area contributed by atoms with E-state index >= 15 is 0 Å². The fourth-order valence-electron chi connectivity index (χ4n) is 1.90. The molecule has 0 saturated heterocycles. The van der Waals surface area contributed by atoms with Gasteiger partial charge >= 0.3 is 5.97 Å². The van der Waals surface area contributed by atoms with Crippen LogP contribution in [0.15, 0.2) is 53.9 Å². The first-order chi connectivity index (χ1) is 10.9. The van der Waals surface area contributed by atoms with Gasteiger partial charge in [0.1, 0.15) is 0 Å². The molecular formula is C17H17NO4S. The van der Waals surface area contributed by atoms with Crippen LogP contribution in [0.2, 0.25) is 0 Å². The average Bonchev–Trinajstić information content (AvgIpc) is 2.55. The Balaban J connectivity index is 2.23. The molecule has 6 heteroatoms. The maximum Gasteiger partial charge on any atom is 0.337 e. The van der Waals surface area contributed by atoms with Crippen LogP contribution in [-0.4, -0.2) is 21.5 Å². The van der Waals surface area contributed by atoms with E-state index in [1.165, 1.54) is 19.3 Å². The largest absolute Gasteiger partial charge is 0.465 e. The number of carbonyl (C=O) groups is 1. The highest BCUT2D eigenvalue weighted by molar-refractivity contribution is 7.95. The molecule has 2 aromatic rings. The number of ether oxygens (including phenoxy) is 1. The molecule has 0 heterocycles. The highest BCUT2D eigenvalue weighted by atomic mass is 32.2. The monoisotopic (exact) mass is 331 g/mol. The number of carbonyl (C=O) groups excluding carboxylic acids is 1. The van der Waals surface area contributed by atoms with Crippen LogP contribution in [0.25, 0.3) is 6.08 Å². The summed E-state index contributed by atoms with van der Waals surface area (Å²) in [6.45, 7) is 1.75. The topological polar surface area (TPSA) is 72.5 Å². The van der Waals surface area contributed by atoms with Crippen LogP contribution in [0, 0.1) is 6.92 Å². The van der Waals surface area contributed by atoms with Crippen molar-refractivity contribution in [2.45, 2.75) is 6.92 Å². The number of nitrogens with one attached hydrogen (secondary N) is 1. The number of anilines is 1. The van der Waals surface area contributed by atoms with E-state index < -0.39 is 16.0 Å². The van der Waals surface area contributed by atoms with Crippen molar-refractivity contribution in [2.75, 3.05) is 11.8 Å². The normalized spacial score (nSPS) is 11.4. The lowest BCUT2D eigenvalue weighted by Gasteiger charge is -2.09. The van der Waals surface area contributed by atoms with Gasteiger partial charge in [-0.1, -0.05) is 36.4 Å². The molecule has 2 rings (SSSR count). The van der Waals surface area contributed by atoms with Gasteiger partial charge in [-0.3, -0.25) is 4.72 Å². The maximum absolute atomic E-state index is 12.2. The van der Waals surface area contributed by atoms with E-state index in [9.17, 15) is 13.2 Å². The summed E-state index contributed by atoms with van der Waals surface area (Å²) in [6, 6.07) is 13.8. The fraction of sp³-hybridized carbons (Fsp3) is 0.118. The van der Waals surface area contributed by atoms with E-state index in [0.29, 0.717) is 11.3 Å². The predicted octanol–water partition coefficient (Wildman–Crippen LogP) is 3.19. The Morgan fingerprint density at radius 3 is 2.48 bits per heavy atom. The lowest BCUT2D eigenvalue weighted by atomic mass is 10.1. The molecule has 0 aliphatic heterocycles. The summed E-state index contributed by atoms with van der Waals surface area (Å²) in [5.74, 6) is -0.523. The van der Waals surface area contributed by atoms with Crippen molar-refractivity contribution < 1.29 is 17.9 Å². The van der Waals surface area contributed by atoms with Crippen LogP contribution < -0.4 is 4.72 Å². The Morgan fingerprint density at radius 1 is 1.13 bits per heavy atom. The first-order valence-corrected chi connectivity index (χ1v) is 8.41. The van der Waals surface area contributed by atoms with E-state index in [2.05, 4.69) is 9.46 Å². The summed E-state index contributed by atoms with van der Waals surface area (Å²) in [6.07, 6.45) is 1.50. The molecule has 5 nitrogen and oxygen atoms in total. The van der Waals surface area contributed by atoms with Gasteiger partial charge in [0, 0.05) is 0 Å². The molecule has 2 aromatic carbocycles. The predicted molar refractivity (Wildman–Crippen MR) is 90.5 cm³/mol. The summed E-state index contributed by atoms with van der Waals surface area (Å²) in [5.41, 5.74) is 2.10. The van der Waals surface area contributed by atoms with Gasteiger partial charge in [-0.15, -0.1) is 0 Å². The van der Waals surface area contributed by atoms with Crippen LogP contribution in [-0.2, 0) is 14.8 Å². The third-order valence-electron chi connectivity index (χ3n) is 3.15. The number of hydrogen-bond donors (Lipinski definition) is 1. The highest BCUT2D eigenvalue weighted by Gasteiger charge is 2.12. The minimum absolute atomic E-state index is 0.280. The molecule has 0 unspecified atom stereocenters. The van der Waals surface area contributed by atoms with Gasteiger partial charge in [-0.2, -0.15) is 0 Å². The number of rotatable bonds is 5. The number of aryl methyl sites for hydroxylation is 1. The SMILES string of the molecule is COC(=O)c1ccc(C)c(NS(=O)(=O)C=Cc2ccccc2)c1. The van der Waals surface area contributed by atoms with Crippen molar-refractivity contribution in [2.24, 2.45) is 0 Å². The second kappa shape index (κ2) is 7.11. The van der Waals surface area contributed by atoms with Crippen molar-refractivity contribution in [1.82, 2.24) is 0 Å². The summed E-state index contributed by atoms with van der Waals surface area (Å²) < 4.78 is 31.4. The van der Waals surface area contributed by atoms with Crippen molar-refractivity contribution in [3.63, 3.8) is 0 Å². The molecule has 120 valence electrons. The maximum atomic E-state index is 12.2. The second-order valence-corrected chi connectivity index (χ2v) is 6.45. The van der Waals surface area contributed by atoms with Crippen LogP contribution in [0.1, 0.15) is 21.5 Å². The van der Waals surface area contributed by atoms with Crippen molar-refractivity contribution in [3.8, 4) is 0 Å². The Hall–Kier alpha value is -2.60. The van der Waals surface area contributed by atoms with Crippen molar-refractivity contribution >= 4 is 27.8 Å². The quantitative estimate of drug-likeness (QED) is 0.854. The van der Waals surface area contributed by atoms with Crippen LogP contribution in [0.4, 0.5) is 5.69 Å². The first-order valence-electron chi connectivity index (χ1n) is 6.86. The average molecular weight is 331 g/mol. The van der Waals surface area contributed by atoms with Gasteiger partial charge < -0.3 is 4.74 Å². The number of esters is 1. The molecule has 0 fully saturated rings. The van der Waals surface area contributed by atoms with E-state index in [1.54, 1.807) is 31.2 Å². The van der Waals surface area contributed by atoms with Crippen LogP contribution in [0.3, 0.4) is 0 Å². The van der Waals surface area contributed by atoms with E-state index in [4.69, 9.17) is 0 Å². The molecule has 0 atom stereocenters. The van der Waals surface area contributed by atoms with Gasteiger partial charge in [0.2, 0.25) is 0 Å². The summed E-state index contributed by atoms with van der Waals surface area (Å²) in [7, 11) is -2.41. The summed E-state index contributed by atoms with van der Waals surface area (Å²) in [4.78, 5) is 11.5. The van der Waals surface area contributed by atoms with Gasteiger partial charge in [-0.05, 0) is 36.3 Å². The molecular weight excluding hydrogens is 314 g/mol. The molecule has 0 amide bonds. The minimum Gasteiger partial charge on any atom is -0.465 e. The summed E-state index contributed by atoms with van der Waals surface area (Å²) in [5, 5.41) is 1.09. The molecule has 0 spiro atoms. The zero-order valence-electron chi connectivity index (χ0n) is 12.8. The van der Waals surface area contributed by atoms with Gasteiger partial charge in [0.05, 0.1) is 23.8 Å². The van der Waals surface area contributed by atoms with E-state index in [1.807, 2.05) is 18.2 Å². The Bertz CT molecular complexity index is 827. The van der Waals surface area contributed by atoms with Gasteiger partial charge in [0.25, 0.3) is 10.0 Å². The highest BCUT2D eigenvalue weighted by Crippen LogP contribution is 2.19. The van der Waals surface area contributed by atoms with Gasteiger partial charge in [0.15, 0.2) is 0 Å². The Labute approximate surface area is 135 Å². The molecule has 0 aliphatic carbocycles. The first kappa shape index (κ1) is 16.8. The standard InChI is InChI=1S/C17H17NO4S/c1-13-8-9-15(17(19)22-2)12-16(13)18-23(20,21)11-10-14-6-4-3-5-7-14/h3-12,18H,1-2H3. The third kappa shape index (κ3) is 4.69. The Morgan fingerprint density at radius 2 is 1.83 bits per heavy atom. The van der Waals surface area contributed by atoms with Crippen LogP contribution >= 0.6 is 0 Å². The number of benzene rings is 2. The van der Waals surface area contributed by atoms with Crippen molar-refractivity contribution in [1.29, 1.82) is 0 Å². The zero-order chi connectivity index (χ0) is 16.9. The fourth-order valence-corrected chi connectivity index (χ4v) is 2.83. The molecule has 0 saturated carbocycles. The van der Waals surface area contributed by atoms with E-state index in [-0.39, 0.29) is 5.56 Å². The minimum atomic E-state index is -3.69. The van der Waals surface area contributed by atoms with Crippen LogP contribution in [0.5, 0.6) is 0 Å². The van der Waals surface area contributed by atoms with E-state index in [0.717, 1.165) is 11.0 Å².